The largest absolute Gasteiger partial charge is 0.379 e. The lowest BCUT2D eigenvalue weighted by Gasteiger charge is -2.28. The summed E-state index contributed by atoms with van der Waals surface area (Å²) in [5.74, 6) is -0.251. The molecule has 0 spiro atoms. The molecule has 7 heteroatoms. The molecule has 6 nitrogen and oxygen atoms in total. The van der Waals surface area contributed by atoms with Gasteiger partial charge < -0.3 is 15.4 Å². The summed E-state index contributed by atoms with van der Waals surface area (Å²) in [4.78, 5) is 29.6. The number of hydrogen-bond acceptors (Lipinski definition) is 5. The summed E-state index contributed by atoms with van der Waals surface area (Å²) in [6.07, 6.45) is 4.35. The molecule has 1 saturated heterocycles. The highest BCUT2D eigenvalue weighted by atomic mass is 32.1. The number of nitrogens with zero attached hydrogens (tertiary/aromatic N) is 1. The van der Waals surface area contributed by atoms with Crippen molar-refractivity contribution in [1.29, 1.82) is 0 Å². The first-order valence-electron chi connectivity index (χ1n) is 8.59. The highest BCUT2D eigenvalue weighted by molar-refractivity contribution is 7.12. The number of aromatic nitrogens is 1. The van der Waals surface area contributed by atoms with Gasteiger partial charge in [0.1, 0.15) is 5.54 Å². The lowest BCUT2D eigenvalue weighted by Crippen LogP contribution is -2.57. The Labute approximate surface area is 157 Å². The van der Waals surface area contributed by atoms with E-state index in [4.69, 9.17) is 4.74 Å². The quantitative estimate of drug-likeness (QED) is 0.812. The van der Waals surface area contributed by atoms with Crippen molar-refractivity contribution in [3.63, 3.8) is 0 Å². The van der Waals surface area contributed by atoms with Gasteiger partial charge in [0.15, 0.2) is 0 Å². The van der Waals surface area contributed by atoms with Gasteiger partial charge in [-0.1, -0.05) is 6.07 Å². The second-order valence-electron chi connectivity index (χ2n) is 6.99. The minimum atomic E-state index is -1.01. The Bertz CT molecular complexity index is 747. The number of amides is 2. The molecule has 0 bridgehead atoms. The maximum absolute atomic E-state index is 12.7. The number of ether oxygens (including phenoxy) is 1. The molecule has 26 heavy (non-hydrogen) atoms. The molecule has 1 aliphatic rings. The van der Waals surface area contributed by atoms with E-state index in [9.17, 15) is 9.59 Å². The van der Waals surface area contributed by atoms with Crippen LogP contribution in [0.3, 0.4) is 0 Å². The average molecular weight is 373 g/mol. The monoisotopic (exact) mass is 373 g/mol. The third kappa shape index (κ3) is 4.47. The average Bonchev–Trinajstić information content (AvgIpc) is 3.28. The zero-order valence-corrected chi connectivity index (χ0v) is 15.7. The highest BCUT2D eigenvalue weighted by Gasteiger charge is 2.35. The highest BCUT2D eigenvalue weighted by Crippen LogP contribution is 2.20. The standard InChI is InChI=1S/C19H23N3O3S/c1-19(2,22-17(23)16-4-3-9-26-16)18(24)21-15-12-25-11-14(15)10-13-5-7-20-8-6-13/h3-9,14-15H,10-12H2,1-2H3,(H,21,24)(H,22,23)/t14-,15-/m1/s1. The molecule has 3 heterocycles. The fourth-order valence-electron chi connectivity index (χ4n) is 2.94. The number of carbonyl (C=O) groups is 2. The molecule has 0 saturated carbocycles. The van der Waals surface area contributed by atoms with Gasteiger partial charge in [-0.15, -0.1) is 11.3 Å². The van der Waals surface area contributed by atoms with E-state index in [2.05, 4.69) is 15.6 Å². The van der Waals surface area contributed by atoms with Crippen LogP contribution >= 0.6 is 11.3 Å². The van der Waals surface area contributed by atoms with Crippen LogP contribution in [0.15, 0.2) is 42.0 Å². The van der Waals surface area contributed by atoms with Crippen LogP contribution in [-0.2, 0) is 16.0 Å². The van der Waals surface area contributed by atoms with E-state index >= 15 is 0 Å². The van der Waals surface area contributed by atoms with Crippen molar-refractivity contribution in [2.75, 3.05) is 13.2 Å². The summed E-state index contributed by atoms with van der Waals surface area (Å²) < 4.78 is 5.58. The molecule has 2 atom stereocenters. The normalized spacial score (nSPS) is 19.9. The molecule has 2 N–H and O–H groups in total. The Morgan fingerprint density at radius 1 is 1.27 bits per heavy atom. The molecule has 0 unspecified atom stereocenters. The van der Waals surface area contributed by atoms with Gasteiger partial charge in [-0.3, -0.25) is 14.6 Å². The minimum Gasteiger partial charge on any atom is -0.379 e. The topological polar surface area (TPSA) is 80.3 Å². The number of carbonyl (C=O) groups excluding carboxylic acids is 2. The second kappa shape index (κ2) is 7.97. The molecule has 2 aromatic rings. The third-order valence-electron chi connectivity index (χ3n) is 4.50. The van der Waals surface area contributed by atoms with E-state index in [1.165, 1.54) is 16.9 Å². The van der Waals surface area contributed by atoms with Crippen LogP contribution in [-0.4, -0.2) is 41.6 Å². The smallest absolute Gasteiger partial charge is 0.262 e. The van der Waals surface area contributed by atoms with E-state index in [0.717, 1.165) is 6.42 Å². The van der Waals surface area contributed by atoms with Gasteiger partial charge in [-0.25, -0.2) is 0 Å². The first-order valence-corrected chi connectivity index (χ1v) is 9.47. The zero-order chi connectivity index (χ0) is 18.6. The van der Waals surface area contributed by atoms with E-state index in [-0.39, 0.29) is 23.8 Å². The van der Waals surface area contributed by atoms with Crippen molar-refractivity contribution in [3.8, 4) is 0 Å². The molecule has 138 valence electrons. The van der Waals surface area contributed by atoms with Crippen LogP contribution < -0.4 is 10.6 Å². The van der Waals surface area contributed by atoms with Crippen LogP contribution in [0, 0.1) is 5.92 Å². The van der Waals surface area contributed by atoms with Crippen molar-refractivity contribution >= 4 is 23.2 Å². The number of hydrogen-bond donors (Lipinski definition) is 2. The van der Waals surface area contributed by atoms with Crippen LogP contribution in [0.1, 0.15) is 29.1 Å². The Morgan fingerprint density at radius 3 is 2.73 bits per heavy atom. The predicted molar refractivity (Wildman–Crippen MR) is 100 cm³/mol. The minimum absolute atomic E-state index is 0.0754. The summed E-state index contributed by atoms with van der Waals surface area (Å²) in [5.41, 5.74) is 0.158. The Kier molecular flexibility index (Phi) is 5.68. The van der Waals surface area contributed by atoms with Crippen molar-refractivity contribution in [2.45, 2.75) is 31.8 Å². The summed E-state index contributed by atoms with van der Waals surface area (Å²) in [5, 5.41) is 7.69. The molecule has 1 fully saturated rings. The van der Waals surface area contributed by atoms with E-state index < -0.39 is 5.54 Å². The number of nitrogens with one attached hydrogen (secondary N) is 2. The lowest BCUT2D eigenvalue weighted by atomic mass is 9.94. The van der Waals surface area contributed by atoms with Crippen molar-refractivity contribution in [2.24, 2.45) is 5.92 Å². The summed E-state index contributed by atoms with van der Waals surface area (Å²) in [6, 6.07) is 7.43. The molecular formula is C19H23N3O3S. The first kappa shape index (κ1) is 18.5. The van der Waals surface area contributed by atoms with Crippen molar-refractivity contribution in [3.05, 3.63) is 52.5 Å². The molecule has 2 amide bonds. The number of thiophene rings is 1. The summed E-state index contributed by atoms with van der Waals surface area (Å²) >= 11 is 1.35. The Hall–Kier alpha value is -2.25. The lowest BCUT2D eigenvalue weighted by molar-refractivity contribution is -0.127. The van der Waals surface area contributed by atoms with E-state index in [1.54, 1.807) is 32.3 Å². The van der Waals surface area contributed by atoms with E-state index in [0.29, 0.717) is 18.1 Å². The van der Waals surface area contributed by atoms with Gasteiger partial charge in [-0.05, 0) is 49.4 Å². The fraction of sp³-hybridized carbons (Fsp3) is 0.421. The van der Waals surface area contributed by atoms with Gasteiger partial charge in [0.2, 0.25) is 5.91 Å². The van der Waals surface area contributed by atoms with Crippen LogP contribution in [0.2, 0.25) is 0 Å². The van der Waals surface area contributed by atoms with Crippen LogP contribution in [0.25, 0.3) is 0 Å². The molecule has 0 aromatic carbocycles. The van der Waals surface area contributed by atoms with Crippen LogP contribution in [0.5, 0.6) is 0 Å². The number of rotatable bonds is 6. The fourth-order valence-corrected chi connectivity index (χ4v) is 3.56. The zero-order valence-electron chi connectivity index (χ0n) is 14.9. The van der Waals surface area contributed by atoms with Gasteiger partial charge in [-0.2, -0.15) is 0 Å². The van der Waals surface area contributed by atoms with Crippen molar-refractivity contribution in [1.82, 2.24) is 15.6 Å². The molecule has 0 radical (unpaired) electrons. The second-order valence-corrected chi connectivity index (χ2v) is 7.94. The van der Waals surface area contributed by atoms with Crippen LogP contribution in [0.4, 0.5) is 0 Å². The van der Waals surface area contributed by atoms with Gasteiger partial charge in [0.25, 0.3) is 5.91 Å². The Balaban J connectivity index is 1.59. The molecule has 2 aromatic heterocycles. The van der Waals surface area contributed by atoms with Gasteiger partial charge in [0.05, 0.1) is 24.1 Å². The molecule has 1 aliphatic heterocycles. The maximum Gasteiger partial charge on any atom is 0.262 e. The number of pyridine rings is 1. The van der Waals surface area contributed by atoms with Gasteiger partial charge in [0, 0.05) is 18.3 Å². The van der Waals surface area contributed by atoms with Crippen molar-refractivity contribution < 1.29 is 14.3 Å². The van der Waals surface area contributed by atoms with E-state index in [1.807, 2.05) is 23.6 Å². The molecular weight excluding hydrogens is 350 g/mol. The Morgan fingerprint density at radius 2 is 2.04 bits per heavy atom. The third-order valence-corrected chi connectivity index (χ3v) is 5.37. The SMILES string of the molecule is CC(C)(NC(=O)c1cccs1)C(=O)N[C@@H]1COC[C@H]1Cc1ccncc1. The van der Waals surface area contributed by atoms with Gasteiger partial charge >= 0.3 is 0 Å². The summed E-state index contributed by atoms with van der Waals surface area (Å²) in [7, 11) is 0. The summed E-state index contributed by atoms with van der Waals surface area (Å²) in [6.45, 7) is 4.51. The maximum atomic E-state index is 12.7. The predicted octanol–water partition coefficient (Wildman–Crippen LogP) is 2.03. The first-order chi connectivity index (χ1) is 12.5. The molecule has 3 rings (SSSR count). The molecule has 0 aliphatic carbocycles.